The van der Waals surface area contributed by atoms with Gasteiger partial charge in [-0.25, -0.2) is 9.78 Å². The van der Waals surface area contributed by atoms with Gasteiger partial charge in [0.25, 0.3) is 5.56 Å². The topological polar surface area (TPSA) is 123 Å². The van der Waals surface area contributed by atoms with Crippen LogP contribution in [0.1, 0.15) is 24.8 Å². The molecule has 4 aromatic rings. The van der Waals surface area contributed by atoms with Gasteiger partial charge in [-0.05, 0) is 54.8 Å². The Balaban J connectivity index is 0.917. The van der Waals surface area contributed by atoms with Crippen LogP contribution in [0.3, 0.4) is 0 Å². The molecular formula is C36H41N7O5. The van der Waals surface area contributed by atoms with Crippen molar-refractivity contribution in [1.82, 2.24) is 25.1 Å². The Bertz CT molecular complexity index is 1860. The molecule has 0 saturated carbocycles. The number of nitrogens with one attached hydrogen (secondary N) is 2. The van der Waals surface area contributed by atoms with Gasteiger partial charge in [-0.2, -0.15) is 0 Å². The Labute approximate surface area is 279 Å². The molecule has 1 aromatic heterocycles. The number of aromatic nitrogens is 2. The van der Waals surface area contributed by atoms with Crippen molar-refractivity contribution in [2.75, 3.05) is 69.8 Å². The van der Waals surface area contributed by atoms with E-state index in [-0.39, 0.29) is 17.5 Å². The van der Waals surface area contributed by atoms with Gasteiger partial charge in [0.1, 0.15) is 22.7 Å². The SMILES string of the molecule is COc1cc(OC)c2c(=O)[nH]c(-c3ccc(N4CCC(N5CCN(Cc6cccc(N7CCC(=O)NC7=O)c6)CC5)CC4)cc3)nc2c1. The summed E-state index contributed by atoms with van der Waals surface area (Å²) in [6, 6.07) is 20.0. The lowest BCUT2D eigenvalue weighted by molar-refractivity contribution is -0.120. The Morgan fingerprint density at radius 3 is 2.31 bits per heavy atom. The van der Waals surface area contributed by atoms with Crippen LogP contribution in [0.2, 0.25) is 0 Å². The molecule has 0 unspecified atom stereocenters. The molecule has 0 atom stereocenters. The van der Waals surface area contributed by atoms with Crippen molar-refractivity contribution in [2.24, 2.45) is 0 Å². The number of ether oxygens (including phenoxy) is 2. The van der Waals surface area contributed by atoms with Gasteiger partial charge in [0.05, 0.1) is 19.7 Å². The number of methoxy groups -OCH3 is 2. The first-order valence-corrected chi connectivity index (χ1v) is 16.6. The molecule has 12 nitrogen and oxygen atoms in total. The van der Waals surface area contributed by atoms with E-state index in [1.807, 2.05) is 24.3 Å². The van der Waals surface area contributed by atoms with E-state index in [1.54, 1.807) is 24.1 Å². The van der Waals surface area contributed by atoms with E-state index >= 15 is 0 Å². The number of hydrogen-bond acceptors (Lipinski definition) is 9. The van der Waals surface area contributed by atoms with E-state index in [0.717, 1.165) is 69.9 Å². The van der Waals surface area contributed by atoms with Gasteiger partial charge in [0.2, 0.25) is 5.91 Å². The lowest BCUT2D eigenvalue weighted by Crippen LogP contribution is -2.53. The largest absolute Gasteiger partial charge is 0.497 e. The molecule has 48 heavy (non-hydrogen) atoms. The van der Waals surface area contributed by atoms with Crippen molar-refractivity contribution < 1.29 is 19.1 Å². The molecule has 3 saturated heterocycles. The number of carbonyl (C=O) groups excluding carboxylic acids is 2. The average molecular weight is 652 g/mol. The van der Waals surface area contributed by atoms with E-state index in [1.165, 1.54) is 18.4 Å². The monoisotopic (exact) mass is 651 g/mol. The minimum Gasteiger partial charge on any atom is -0.497 e. The number of amides is 3. The molecule has 0 aliphatic carbocycles. The molecule has 3 aliphatic rings. The van der Waals surface area contributed by atoms with Crippen LogP contribution >= 0.6 is 0 Å². The molecule has 250 valence electrons. The summed E-state index contributed by atoms with van der Waals surface area (Å²) in [7, 11) is 3.10. The van der Waals surface area contributed by atoms with Crippen LogP contribution < -0.4 is 30.1 Å². The third-order valence-electron chi connectivity index (χ3n) is 9.78. The second-order valence-electron chi connectivity index (χ2n) is 12.6. The highest BCUT2D eigenvalue weighted by molar-refractivity contribution is 6.05. The minimum atomic E-state index is -0.348. The number of nitrogens with zero attached hydrogens (tertiary/aromatic N) is 5. The lowest BCUT2D eigenvalue weighted by Gasteiger charge is -2.43. The maximum absolute atomic E-state index is 13.0. The van der Waals surface area contributed by atoms with Crippen molar-refractivity contribution in [3.8, 4) is 22.9 Å². The minimum absolute atomic E-state index is 0.218. The third-order valence-corrected chi connectivity index (χ3v) is 9.78. The predicted molar refractivity (Wildman–Crippen MR) is 185 cm³/mol. The number of fused-ring (bicyclic) bond motifs is 1. The van der Waals surface area contributed by atoms with Crippen molar-refractivity contribution in [1.29, 1.82) is 0 Å². The van der Waals surface area contributed by atoms with Crippen LogP contribution in [0.15, 0.2) is 65.5 Å². The summed E-state index contributed by atoms with van der Waals surface area (Å²) in [4.78, 5) is 53.6. The molecular weight excluding hydrogens is 610 g/mol. The highest BCUT2D eigenvalue weighted by atomic mass is 16.5. The third kappa shape index (κ3) is 6.58. The van der Waals surface area contributed by atoms with Gasteiger partial charge in [-0.1, -0.05) is 12.1 Å². The molecule has 7 rings (SSSR count). The van der Waals surface area contributed by atoms with Crippen LogP contribution in [0, 0.1) is 0 Å². The maximum atomic E-state index is 13.0. The molecule has 3 fully saturated rings. The number of piperidine rings is 1. The smallest absolute Gasteiger partial charge is 0.328 e. The first-order valence-electron chi connectivity index (χ1n) is 16.6. The molecule has 3 amide bonds. The number of urea groups is 1. The number of aromatic amines is 1. The normalized spacial score (nSPS) is 18.3. The van der Waals surface area contributed by atoms with E-state index in [4.69, 9.17) is 14.5 Å². The summed E-state index contributed by atoms with van der Waals surface area (Å²) < 4.78 is 10.8. The van der Waals surface area contributed by atoms with Crippen molar-refractivity contribution >= 4 is 34.2 Å². The number of piperazine rings is 1. The Hall–Kier alpha value is -4.94. The summed E-state index contributed by atoms with van der Waals surface area (Å²) in [6.07, 6.45) is 2.56. The Kier molecular flexibility index (Phi) is 9.00. The highest BCUT2D eigenvalue weighted by Gasteiger charge is 2.28. The van der Waals surface area contributed by atoms with Gasteiger partial charge >= 0.3 is 6.03 Å². The first kappa shape index (κ1) is 31.6. The molecule has 3 aliphatic heterocycles. The van der Waals surface area contributed by atoms with Gasteiger partial charge in [-0.15, -0.1) is 0 Å². The Morgan fingerprint density at radius 2 is 1.60 bits per heavy atom. The van der Waals surface area contributed by atoms with Crippen molar-refractivity contribution in [3.63, 3.8) is 0 Å². The van der Waals surface area contributed by atoms with Crippen LogP contribution in [0.25, 0.3) is 22.3 Å². The summed E-state index contributed by atoms with van der Waals surface area (Å²) in [5.74, 6) is 1.30. The zero-order chi connectivity index (χ0) is 33.2. The summed E-state index contributed by atoms with van der Waals surface area (Å²) >= 11 is 0. The zero-order valence-electron chi connectivity index (χ0n) is 27.4. The molecule has 2 N–H and O–H groups in total. The van der Waals surface area contributed by atoms with Gasteiger partial charge in [0.15, 0.2) is 0 Å². The second-order valence-corrected chi connectivity index (χ2v) is 12.6. The van der Waals surface area contributed by atoms with Crippen LogP contribution in [0.4, 0.5) is 16.2 Å². The zero-order valence-corrected chi connectivity index (χ0v) is 27.4. The number of H-pyrrole nitrogens is 1. The molecule has 0 bridgehead atoms. The fraction of sp³-hybridized carbons (Fsp3) is 0.389. The fourth-order valence-corrected chi connectivity index (χ4v) is 7.12. The molecule has 0 spiro atoms. The molecule has 4 heterocycles. The Morgan fingerprint density at radius 1 is 0.833 bits per heavy atom. The average Bonchev–Trinajstić information content (AvgIpc) is 3.11. The number of imide groups is 1. The standard InChI is InChI=1S/C36H41N7O5/c1-47-29-21-30-33(31(22-29)48-2)35(45)39-34(37-30)25-6-8-26(9-7-25)41-13-10-27(11-14-41)42-18-16-40(17-19-42)23-24-4-3-5-28(20-24)43-15-12-32(44)38-36(43)46/h3-9,20-22,27H,10-19,23H2,1-2H3,(H,37,39,45)(H,38,44,46). The number of hydrogen-bond donors (Lipinski definition) is 2. The van der Waals surface area contributed by atoms with Gasteiger partial charge < -0.3 is 19.4 Å². The highest BCUT2D eigenvalue weighted by Crippen LogP contribution is 2.30. The molecule has 3 aromatic carbocycles. The number of benzene rings is 3. The van der Waals surface area contributed by atoms with E-state index in [9.17, 15) is 14.4 Å². The van der Waals surface area contributed by atoms with E-state index in [0.29, 0.717) is 47.2 Å². The molecule has 0 radical (unpaired) electrons. The van der Waals surface area contributed by atoms with Gasteiger partial charge in [0, 0.05) is 93.9 Å². The summed E-state index contributed by atoms with van der Waals surface area (Å²) in [6.45, 7) is 7.36. The number of carbonyl (C=O) groups is 2. The quantitative estimate of drug-likeness (QED) is 0.293. The summed E-state index contributed by atoms with van der Waals surface area (Å²) in [5.41, 5.74) is 4.29. The van der Waals surface area contributed by atoms with Crippen LogP contribution in [-0.4, -0.2) is 97.8 Å². The van der Waals surface area contributed by atoms with Crippen LogP contribution in [0.5, 0.6) is 11.5 Å². The van der Waals surface area contributed by atoms with Crippen LogP contribution in [-0.2, 0) is 11.3 Å². The summed E-state index contributed by atoms with van der Waals surface area (Å²) in [5, 5.41) is 2.81. The number of rotatable bonds is 8. The first-order chi connectivity index (χ1) is 23.4. The lowest BCUT2D eigenvalue weighted by atomic mass is 10.0. The number of anilines is 2. The molecule has 12 heteroatoms. The van der Waals surface area contributed by atoms with E-state index < -0.39 is 0 Å². The van der Waals surface area contributed by atoms with Gasteiger partial charge in [-0.3, -0.25) is 29.6 Å². The predicted octanol–water partition coefficient (Wildman–Crippen LogP) is 3.84. The van der Waals surface area contributed by atoms with Crippen molar-refractivity contribution in [3.05, 3.63) is 76.6 Å². The van der Waals surface area contributed by atoms with Crippen molar-refractivity contribution in [2.45, 2.75) is 31.8 Å². The maximum Gasteiger partial charge on any atom is 0.328 e. The van der Waals surface area contributed by atoms with E-state index in [2.05, 4.69) is 49.3 Å². The second kappa shape index (κ2) is 13.7. The fourth-order valence-electron chi connectivity index (χ4n) is 7.12.